The minimum Gasteiger partial charge on any atom is -0.396 e. The van der Waals surface area contributed by atoms with Gasteiger partial charge in [-0.2, -0.15) is 17.0 Å². The highest BCUT2D eigenvalue weighted by Crippen LogP contribution is 2.40. The van der Waals surface area contributed by atoms with Crippen LogP contribution in [0.2, 0.25) is 0 Å². The number of carbonyl (C=O) groups excluding carboxylic acids is 1. The van der Waals surface area contributed by atoms with Gasteiger partial charge in [-0.3, -0.25) is 4.79 Å². The van der Waals surface area contributed by atoms with Crippen molar-refractivity contribution in [1.29, 1.82) is 0 Å². The van der Waals surface area contributed by atoms with Crippen LogP contribution in [0.4, 0.5) is 0 Å². The number of nitrogens with zero attached hydrogens (tertiary/aromatic N) is 4. The van der Waals surface area contributed by atoms with Gasteiger partial charge in [0.2, 0.25) is 0 Å². The van der Waals surface area contributed by atoms with Crippen molar-refractivity contribution in [3.8, 4) is 0 Å². The van der Waals surface area contributed by atoms with Crippen LogP contribution in [0, 0.1) is 0 Å². The molecule has 3 fully saturated rings. The third kappa shape index (κ3) is 4.95. The van der Waals surface area contributed by atoms with E-state index in [0.717, 1.165) is 18.6 Å². The SMILES string of the molecule is C[C@H]1C[C@@H](NC(=O)c2cc(C3CC3)on2)CCN1S(=O)(=O)N1CCN(C)[C@H](CCO)C1. The lowest BCUT2D eigenvalue weighted by molar-refractivity contribution is 0.0897. The number of carbonyl (C=O) groups is 1. The van der Waals surface area contributed by atoms with Crippen LogP contribution >= 0.6 is 0 Å². The van der Waals surface area contributed by atoms with E-state index >= 15 is 0 Å². The van der Waals surface area contributed by atoms with E-state index in [1.807, 2.05) is 14.0 Å². The van der Waals surface area contributed by atoms with Gasteiger partial charge in [-0.25, -0.2) is 0 Å². The number of aliphatic hydroxyl groups is 1. The lowest BCUT2D eigenvalue weighted by Gasteiger charge is -2.43. The Kier molecular flexibility index (Phi) is 6.68. The van der Waals surface area contributed by atoms with Crippen LogP contribution in [0.1, 0.15) is 61.2 Å². The zero-order chi connectivity index (χ0) is 22.2. The molecule has 2 N–H and O–H groups in total. The number of aromatic nitrogens is 1. The molecule has 1 amide bonds. The summed E-state index contributed by atoms with van der Waals surface area (Å²) in [6, 6.07) is 1.40. The number of hydrogen-bond acceptors (Lipinski definition) is 7. The Morgan fingerprint density at radius 1 is 1.29 bits per heavy atom. The Morgan fingerprint density at radius 3 is 2.74 bits per heavy atom. The predicted octanol–water partition coefficient (Wildman–Crippen LogP) is 0.378. The minimum atomic E-state index is -3.59. The van der Waals surface area contributed by atoms with Gasteiger partial charge in [0.25, 0.3) is 16.1 Å². The van der Waals surface area contributed by atoms with E-state index < -0.39 is 10.2 Å². The number of piperazine rings is 1. The molecule has 1 aromatic heterocycles. The van der Waals surface area contributed by atoms with Gasteiger partial charge in [0.1, 0.15) is 5.76 Å². The first-order valence-corrected chi connectivity index (χ1v) is 12.5. The summed E-state index contributed by atoms with van der Waals surface area (Å²) in [7, 11) is -1.63. The predicted molar refractivity (Wildman–Crippen MR) is 114 cm³/mol. The summed E-state index contributed by atoms with van der Waals surface area (Å²) in [6.45, 7) is 3.76. The molecule has 3 heterocycles. The molecule has 3 atom stereocenters. The van der Waals surface area contributed by atoms with Crippen LogP contribution in [-0.4, -0.2) is 96.1 Å². The fourth-order valence-corrected chi connectivity index (χ4v) is 6.42. The van der Waals surface area contributed by atoms with Crippen molar-refractivity contribution in [2.75, 3.05) is 39.8 Å². The van der Waals surface area contributed by atoms with Crippen molar-refractivity contribution in [2.24, 2.45) is 0 Å². The Hall–Kier alpha value is -1.53. The van der Waals surface area contributed by atoms with E-state index in [1.165, 1.54) is 4.31 Å². The second-order valence-corrected chi connectivity index (χ2v) is 10.9. The smallest absolute Gasteiger partial charge is 0.282 e. The molecule has 4 rings (SSSR count). The van der Waals surface area contributed by atoms with Crippen LogP contribution in [0.15, 0.2) is 10.6 Å². The van der Waals surface area contributed by atoms with E-state index in [0.29, 0.717) is 51.4 Å². The van der Waals surface area contributed by atoms with Gasteiger partial charge in [0.05, 0.1) is 0 Å². The lowest BCUT2D eigenvalue weighted by Crippen LogP contribution is -2.59. The summed E-state index contributed by atoms with van der Waals surface area (Å²) >= 11 is 0. The molecule has 0 spiro atoms. The number of rotatable bonds is 7. The maximum absolute atomic E-state index is 13.3. The largest absolute Gasteiger partial charge is 0.396 e. The van der Waals surface area contributed by atoms with E-state index in [9.17, 15) is 18.3 Å². The van der Waals surface area contributed by atoms with Crippen molar-refractivity contribution in [2.45, 2.75) is 63.1 Å². The van der Waals surface area contributed by atoms with Crippen LogP contribution < -0.4 is 5.32 Å². The fraction of sp³-hybridized carbons (Fsp3) is 0.800. The third-order valence-electron chi connectivity index (χ3n) is 6.72. The van der Waals surface area contributed by atoms with Crippen LogP contribution in [-0.2, 0) is 10.2 Å². The molecule has 0 aromatic carbocycles. The van der Waals surface area contributed by atoms with Crippen LogP contribution in [0.3, 0.4) is 0 Å². The molecule has 31 heavy (non-hydrogen) atoms. The molecule has 1 saturated carbocycles. The molecule has 0 bridgehead atoms. The van der Waals surface area contributed by atoms with Crippen LogP contribution in [0.25, 0.3) is 0 Å². The van der Waals surface area contributed by atoms with Gasteiger partial charge in [-0.05, 0) is 46.1 Å². The van der Waals surface area contributed by atoms with Crippen LogP contribution in [0.5, 0.6) is 0 Å². The molecule has 1 aliphatic carbocycles. The quantitative estimate of drug-likeness (QED) is 0.610. The Balaban J connectivity index is 1.34. The summed E-state index contributed by atoms with van der Waals surface area (Å²) in [5.41, 5.74) is 0.289. The summed E-state index contributed by atoms with van der Waals surface area (Å²) < 4.78 is 34.9. The third-order valence-corrected chi connectivity index (χ3v) is 8.84. The molecule has 0 unspecified atom stereocenters. The van der Waals surface area contributed by atoms with Crippen molar-refractivity contribution in [3.63, 3.8) is 0 Å². The monoisotopic (exact) mass is 455 g/mol. The molecule has 1 aromatic rings. The van der Waals surface area contributed by atoms with Gasteiger partial charge in [-0.1, -0.05) is 5.16 Å². The van der Waals surface area contributed by atoms with Crippen molar-refractivity contribution in [3.05, 3.63) is 17.5 Å². The van der Waals surface area contributed by atoms with Gasteiger partial charge in [0, 0.05) is 62.9 Å². The van der Waals surface area contributed by atoms with Gasteiger partial charge in [0.15, 0.2) is 5.69 Å². The Labute approximate surface area is 183 Å². The van der Waals surface area contributed by atoms with Gasteiger partial charge < -0.3 is 19.8 Å². The number of likely N-dealkylation sites (N-methyl/N-ethyl adjacent to an activating group) is 1. The highest BCUT2D eigenvalue weighted by atomic mass is 32.2. The molecule has 174 valence electrons. The molecule has 2 aliphatic heterocycles. The molecular formula is C20H33N5O5S. The summed E-state index contributed by atoms with van der Waals surface area (Å²) in [5, 5.41) is 16.2. The molecular weight excluding hydrogens is 422 g/mol. The number of amides is 1. The second kappa shape index (κ2) is 9.14. The van der Waals surface area contributed by atoms with E-state index in [4.69, 9.17) is 4.52 Å². The molecule has 11 heteroatoms. The number of aliphatic hydroxyl groups excluding tert-OH is 1. The topological polar surface area (TPSA) is 119 Å². The first-order chi connectivity index (χ1) is 14.8. The van der Waals surface area contributed by atoms with Gasteiger partial charge >= 0.3 is 0 Å². The fourth-order valence-electron chi connectivity index (χ4n) is 4.58. The van der Waals surface area contributed by atoms with Crippen molar-refractivity contribution in [1.82, 2.24) is 24.0 Å². The number of piperidine rings is 1. The zero-order valence-electron chi connectivity index (χ0n) is 18.2. The van der Waals surface area contributed by atoms with E-state index in [1.54, 1.807) is 10.4 Å². The summed E-state index contributed by atoms with van der Waals surface area (Å²) in [4.78, 5) is 14.6. The Bertz CT molecular complexity index is 886. The normalized spacial score (nSPS) is 29.2. The lowest BCUT2D eigenvalue weighted by atomic mass is 10.0. The van der Waals surface area contributed by atoms with Gasteiger partial charge in [-0.15, -0.1) is 0 Å². The summed E-state index contributed by atoms with van der Waals surface area (Å²) in [5.74, 6) is 0.898. The standard InChI is InChI=1S/C20H33N5O5S/c1-14-11-16(21-20(27)18-12-19(30-22-18)15-3-4-15)5-7-25(14)31(28,29)24-9-8-23(2)17(13-24)6-10-26/h12,14-17,26H,3-11,13H2,1-2H3,(H,21,27)/t14-,16-,17+/m0/s1. The first kappa shape index (κ1) is 22.7. The Morgan fingerprint density at radius 2 is 2.06 bits per heavy atom. The molecule has 3 aliphatic rings. The van der Waals surface area contributed by atoms with E-state index in [-0.39, 0.29) is 36.3 Å². The van der Waals surface area contributed by atoms with Crippen molar-refractivity contribution < 1.29 is 22.8 Å². The average molecular weight is 456 g/mol. The maximum atomic E-state index is 13.3. The summed E-state index contributed by atoms with van der Waals surface area (Å²) in [6.07, 6.45) is 3.81. The minimum absolute atomic E-state index is 0.0173. The first-order valence-electron chi connectivity index (χ1n) is 11.1. The second-order valence-electron chi connectivity index (χ2n) is 9.06. The molecule has 0 radical (unpaired) electrons. The number of hydrogen-bond donors (Lipinski definition) is 2. The molecule has 10 nitrogen and oxygen atoms in total. The maximum Gasteiger partial charge on any atom is 0.282 e. The average Bonchev–Trinajstić information content (AvgIpc) is 3.46. The molecule has 2 saturated heterocycles. The number of nitrogens with one attached hydrogen (secondary N) is 1. The zero-order valence-corrected chi connectivity index (χ0v) is 19.1. The van der Waals surface area contributed by atoms with Crippen molar-refractivity contribution >= 4 is 16.1 Å². The highest BCUT2D eigenvalue weighted by Gasteiger charge is 2.40. The highest BCUT2D eigenvalue weighted by molar-refractivity contribution is 7.86. The van der Waals surface area contributed by atoms with E-state index in [2.05, 4.69) is 15.4 Å².